The predicted octanol–water partition coefficient (Wildman–Crippen LogP) is 2.94. The quantitative estimate of drug-likeness (QED) is 0.928. The first kappa shape index (κ1) is 17.0. The van der Waals surface area contributed by atoms with Crippen molar-refractivity contribution in [3.05, 3.63) is 35.9 Å². The van der Waals surface area contributed by atoms with E-state index in [0.717, 1.165) is 25.8 Å². The minimum absolute atomic E-state index is 0. The molecule has 1 amide bonds. The molecule has 1 saturated heterocycles. The third-order valence-corrected chi connectivity index (χ3v) is 4.10. The number of benzene rings is 1. The molecule has 2 rings (SSSR count). The fourth-order valence-corrected chi connectivity index (χ4v) is 3.18. The second-order valence-electron chi connectivity index (χ2n) is 5.46. The molecule has 1 aliphatic heterocycles. The Morgan fingerprint density at radius 3 is 2.60 bits per heavy atom. The summed E-state index contributed by atoms with van der Waals surface area (Å²) >= 11 is 0. The Balaban J connectivity index is 0.00000200. The van der Waals surface area contributed by atoms with Crippen molar-refractivity contribution in [3.8, 4) is 0 Å². The molecule has 0 aromatic heterocycles. The third-order valence-electron chi connectivity index (χ3n) is 4.10. The van der Waals surface area contributed by atoms with E-state index in [1.807, 2.05) is 11.0 Å². The molecule has 1 aliphatic rings. The third kappa shape index (κ3) is 3.53. The van der Waals surface area contributed by atoms with Crippen molar-refractivity contribution < 1.29 is 4.79 Å². The van der Waals surface area contributed by atoms with Crippen LogP contribution in [0.15, 0.2) is 30.3 Å². The van der Waals surface area contributed by atoms with Crippen LogP contribution in [0.5, 0.6) is 0 Å². The molecule has 112 valence electrons. The molecular formula is C16H25ClN2O. The van der Waals surface area contributed by atoms with Gasteiger partial charge in [0.2, 0.25) is 5.91 Å². The molecule has 20 heavy (non-hydrogen) atoms. The van der Waals surface area contributed by atoms with Gasteiger partial charge in [-0.3, -0.25) is 4.79 Å². The highest BCUT2D eigenvalue weighted by molar-refractivity contribution is 5.85. The Morgan fingerprint density at radius 1 is 1.40 bits per heavy atom. The molecular weight excluding hydrogens is 272 g/mol. The van der Waals surface area contributed by atoms with Gasteiger partial charge in [-0.25, -0.2) is 0 Å². The minimum Gasteiger partial charge on any atom is -0.338 e. The number of amides is 1. The number of carbonyl (C=O) groups is 1. The van der Waals surface area contributed by atoms with Crippen LogP contribution in [0, 0.1) is 0 Å². The van der Waals surface area contributed by atoms with Gasteiger partial charge in [0.1, 0.15) is 0 Å². The van der Waals surface area contributed by atoms with Crippen LogP contribution in [0.1, 0.15) is 44.6 Å². The van der Waals surface area contributed by atoms with Crippen LogP contribution >= 0.6 is 12.4 Å². The lowest BCUT2D eigenvalue weighted by Gasteiger charge is -2.32. The summed E-state index contributed by atoms with van der Waals surface area (Å²) in [5.41, 5.74) is 7.10. The molecule has 0 saturated carbocycles. The number of nitrogens with two attached hydrogens (primary N) is 1. The molecule has 0 radical (unpaired) electrons. The summed E-state index contributed by atoms with van der Waals surface area (Å²) in [5.74, 6) is 0.517. The number of hydrogen-bond donors (Lipinski definition) is 1. The maximum atomic E-state index is 12.2. The average molecular weight is 297 g/mol. The van der Waals surface area contributed by atoms with Gasteiger partial charge in [-0.2, -0.15) is 0 Å². The van der Waals surface area contributed by atoms with Crippen LogP contribution in [0.2, 0.25) is 0 Å². The van der Waals surface area contributed by atoms with Crippen molar-refractivity contribution in [3.63, 3.8) is 0 Å². The molecule has 0 aliphatic carbocycles. The SMILES string of the molecule is CCC(c1ccccc1)C1CCCN1C(=O)[C@H](C)N.Cl. The van der Waals surface area contributed by atoms with Crippen molar-refractivity contribution in [1.29, 1.82) is 0 Å². The Morgan fingerprint density at radius 2 is 2.05 bits per heavy atom. The van der Waals surface area contributed by atoms with E-state index in [1.54, 1.807) is 6.92 Å². The summed E-state index contributed by atoms with van der Waals surface area (Å²) < 4.78 is 0. The summed E-state index contributed by atoms with van der Waals surface area (Å²) in [6, 6.07) is 10.4. The molecule has 1 heterocycles. The standard InChI is InChI=1S/C16H24N2O.ClH/c1-3-14(13-8-5-4-6-9-13)15-10-7-11-18(15)16(19)12(2)17;/h4-6,8-9,12,14-15H,3,7,10-11,17H2,1-2H3;1H/t12-,14?,15?;/m0./s1. The summed E-state index contributed by atoms with van der Waals surface area (Å²) in [4.78, 5) is 14.2. The second-order valence-corrected chi connectivity index (χ2v) is 5.46. The zero-order valence-corrected chi connectivity index (χ0v) is 13.1. The fourth-order valence-electron chi connectivity index (χ4n) is 3.18. The van der Waals surface area contributed by atoms with Crippen LogP contribution in [0.25, 0.3) is 0 Å². The maximum absolute atomic E-state index is 12.2. The fraction of sp³-hybridized carbons (Fsp3) is 0.562. The number of rotatable bonds is 4. The molecule has 3 nitrogen and oxygen atoms in total. The smallest absolute Gasteiger partial charge is 0.239 e. The van der Waals surface area contributed by atoms with Gasteiger partial charge >= 0.3 is 0 Å². The monoisotopic (exact) mass is 296 g/mol. The van der Waals surface area contributed by atoms with Crippen LogP contribution in [0.4, 0.5) is 0 Å². The zero-order valence-electron chi connectivity index (χ0n) is 12.3. The molecule has 3 atom stereocenters. The van der Waals surface area contributed by atoms with E-state index in [-0.39, 0.29) is 18.3 Å². The lowest BCUT2D eigenvalue weighted by atomic mass is 9.87. The van der Waals surface area contributed by atoms with Gasteiger partial charge in [0.15, 0.2) is 0 Å². The lowest BCUT2D eigenvalue weighted by Crippen LogP contribution is -2.46. The molecule has 0 bridgehead atoms. The van der Waals surface area contributed by atoms with Gasteiger partial charge in [0, 0.05) is 18.5 Å². The van der Waals surface area contributed by atoms with E-state index in [0.29, 0.717) is 12.0 Å². The van der Waals surface area contributed by atoms with Crippen LogP contribution in [-0.2, 0) is 4.79 Å². The molecule has 2 unspecified atom stereocenters. The van der Waals surface area contributed by atoms with Gasteiger partial charge in [-0.1, -0.05) is 37.3 Å². The van der Waals surface area contributed by atoms with Gasteiger partial charge in [0.25, 0.3) is 0 Å². The molecule has 1 aromatic carbocycles. The van der Waals surface area contributed by atoms with Crippen LogP contribution in [-0.4, -0.2) is 29.4 Å². The highest BCUT2D eigenvalue weighted by Crippen LogP contribution is 2.33. The number of nitrogens with zero attached hydrogens (tertiary/aromatic N) is 1. The predicted molar refractivity (Wildman–Crippen MR) is 85.1 cm³/mol. The molecule has 1 aromatic rings. The first-order valence-electron chi connectivity index (χ1n) is 7.26. The maximum Gasteiger partial charge on any atom is 0.239 e. The molecule has 2 N–H and O–H groups in total. The minimum atomic E-state index is -0.395. The lowest BCUT2D eigenvalue weighted by molar-refractivity contribution is -0.133. The molecule has 4 heteroatoms. The summed E-state index contributed by atoms with van der Waals surface area (Å²) in [6.45, 7) is 4.83. The summed E-state index contributed by atoms with van der Waals surface area (Å²) in [6.07, 6.45) is 3.23. The normalized spacial score (nSPS) is 21.1. The van der Waals surface area contributed by atoms with Crippen molar-refractivity contribution in [1.82, 2.24) is 4.90 Å². The molecule has 1 fully saturated rings. The topological polar surface area (TPSA) is 46.3 Å². The van der Waals surface area contributed by atoms with E-state index in [1.165, 1.54) is 5.56 Å². The van der Waals surface area contributed by atoms with Crippen molar-refractivity contribution in [2.75, 3.05) is 6.54 Å². The van der Waals surface area contributed by atoms with Gasteiger partial charge in [0.05, 0.1) is 6.04 Å². The average Bonchev–Trinajstić information content (AvgIpc) is 2.89. The molecule has 0 spiro atoms. The first-order chi connectivity index (χ1) is 9.15. The van der Waals surface area contributed by atoms with Crippen molar-refractivity contribution in [2.45, 2.75) is 51.1 Å². The van der Waals surface area contributed by atoms with E-state index >= 15 is 0 Å². The Labute approximate surface area is 127 Å². The number of likely N-dealkylation sites (tertiary alicyclic amines) is 1. The van der Waals surface area contributed by atoms with Crippen LogP contribution < -0.4 is 5.73 Å². The number of carbonyl (C=O) groups excluding carboxylic acids is 1. The summed E-state index contributed by atoms with van der Waals surface area (Å²) in [5, 5.41) is 0. The van der Waals surface area contributed by atoms with E-state index in [2.05, 4.69) is 31.2 Å². The van der Waals surface area contributed by atoms with Gasteiger partial charge < -0.3 is 10.6 Å². The zero-order chi connectivity index (χ0) is 13.8. The Bertz CT molecular complexity index is 422. The highest BCUT2D eigenvalue weighted by atomic mass is 35.5. The van der Waals surface area contributed by atoms with E-state index in [4.69, 9.17) is 5.73 Å². The Hall–Kier alpha value is -1.06. The van der Waals surface area contributed by atoms with Crippen molar-refractivity contribution in [2.24, 2.45) is 5.73 Å². The van der Waals surface area contributed by atoms with Crippen LogP contribution in [0.3, 0.4) is 0 Å². The Kier molecular flexibility index (Phi) is 6.50. The number of hydrogen-bond acceptors (Lipinski definition) is 2. The van der Waals surface area contributed by atoms with Gasteiger partial charge in [-0.05, 0) is 31.7 Å². The number of halogens is 1. The summed E-state index contributed by atoms with van der Waals surface area (Å²) in [7, 11) is 0. The van der Waals surface area contributed by atoms with Gasteiger partial charge in [-0.15, -0.1) is 12.4 Å². The largest absolute Gasteiger partial charge is 0.338 e. The van der Waals surface area contributed by atoms with E-state index in [9.17, 15) is 4.79 Å². The highest BCUT2D eigenvalue weighted by Gasteiger charge is 2.35. The van der Waals surface area contributed by atoms with Crippen molar-refractivity contribution >= 4 is 18.3 Å². The first-order valence-corrected chi connectivity index (χ1v) is 7.26. The van der Waals surface area contributed by atoms with E-state index < -0.39 is 6.04 Å². The second kappa shape index (κ2) is 7.65.